The van der Waals surface area contributed by atoms with E-state index in [-0.39, 0.29) is 0 Å². The van der Waals surface area contributed by atoms with Gasteiger partial charge in [0.2, 0.25) is 0 Å². The number of aromatic nitrogens is 8. The van der Waals surface area contributed by atoms with E-state index in [1.165, 1.54) is 5.56 Å². The first kappa shape index (κ1) is 65.1. The number of pyridine rings is 2. The van der Waals surface area contributed by atoms with Crippen LogP contribution in [0, 0.1) is 0 Å². The molecule has 0 aliphatic heterocycles. The first-order valence-corrected chi connectivity index (χ1v) is 37.6. The topological polar surface area (TPSA) is 113 Å². The number of para-hydroxylation sites is 4. The number of hydrogen-bond acceptors (Lipinski definition) is 8. The summed E-state index contributed by atoms with van der Waals surface area (Å²) in [5.41, 5.74) is 29.4. The summed E-state index contributed by atoms with van der Waals surface area (Å²) < 4.78 is 18.5. The second-order valence-corrected chi connectivity index (χ2v) is 28.0. The molecule has 22 aromatic rings. The van der Waals surface area contributed by atoms with Crippen molar-refractivity contribution in [3.05, 3.63) is 388 Å². The number of fused-ring (bicyclic) bond motifs is 14. The van der Waals surface area contributed by atoms with E-state index >= 15 is 0 Å². The van der Waals surface area contributed by atoms with Gasteiger partial charge in [0, 0.05) is 77.4 Å². The van der Waals surface area contributed by atoms with Crippen LogP contribution in [0.1, 0.15) is 0 Å². The molecule has 0 fully saturated rings. The van der Waals surface area contributed by atoms with Crippen LogP contribution in [0.5, 0.6) is 0 Å². The highest BCUT2D eigenvalue weighted by Crippen LogP contribution is 2.48. The summed E-state index contributed by atoms with van der Waals surface area (Å²) in [6, 6.07) is 134. The monoisotopic (exact) mass is 1430 g/mol. The van der Waals surface area contributed by atoms with Gasteiger partial charge in [0.15, 0.2) is 22.8 Å². The standard InChI is InChI=1S/2C51H32N4O/c1-4-15-33(16-5-1)34-27-29-35(30-28-34)43-32-44(54-51(53-43)37-19-8-3-9-20-37)38-21-14-22-39(31-38)55-45-26-13-11-24-41(45)50-48(55)46-47(36-17-6-2-7-18-36)52-42-25-12-10-23-40(42)49(46)56-50;1-4-14-35(15-5-1)43-32-44(54-51(53-43)38-18-8-3-9-19-38)36-26-24-33(25-27-36)34-28-30-39(31-29-34)55-45-23-13-11-21-41(45)50-48(55)46-47(37-16-6-2-7-17-37)52-42-22-12-10-20-40(42)49(46)56-50/h2*1-32H. The van der Waals surface area contributed by atoms with Gasteiger partial charge in [-0.05, 0) is 107 Å². The summed E-state index contributed by atoms with van der Waals surface area (Å²) >= 11 is 0. The minimum absolute atomic E-state index is 0.677. The van der Waals surface area contributed by atoms with Crippen LogP contribution in [0.4, 0.5) is 0 Å². The molecule has 0 N–H and O–H groups in total. The molecular formula is C102H64N8O2. The molecule has 0 aliphatic rings. The lowest BCUT2D eigenvalue weighted by molar-refractivity contribution is 0.676. The zero-order valence-electron chi connectivity index (χ0n) is 60.3. The molecule has 524 valence electrons. The summed E-state index contributed by atoms with van der Waals surface area (Å²) in [5, 5.41) is 6.10. The Balaban J connectivity index is 0.000000141. The van der Waals surface area contributed by atoms with Gasteiger partial charge in [-0.3, -0.25) is 0 Å². The number of furan rings is 2. The van der Waals surface area contributed by atoms with E-state index in [1.807, 2.05) is 97.1 Å². The average Bonchev–Trinajstić information content (AvgIpc) is 1.55. The van der Waals surface area contributed by atoms with E-state index in [4.69, 9.17) is 38.7 Å². The largest absolute Gasteiger partial charge is 0.453 e. The van der Waals surface area contributed by atoms with E-state index in [9.17, 15) is 0 Å². The lowest BCUT2D eigenvalue weighted by Crippen LogP contribution is -1.98. The molecule has 10 nitrogen and oxygen atoms in total. The SMILES string of the molecule is c1ccc(-c2cc(-c3ccc(-c4ccc(-n5c6ccccc6c6oc7c8ccccc8nc(-c8ccccc8)c7c65)cc4)cc3)nc(-c3ccccc3)n2)cc1.c1ccc(-c2ccc(-c3cc(-c4cccc(-n5c6ccccc6c6oc7c8ccccc8nc(-c8ccccc8)c7c65)c4)nc(-c4ccccc4)n3)cc2)cc1. The maximum Gasteiger partial charge on any atom is 0.161 e. The van der Waals surface area contributed by atoms with Gasteiger partial charge in [-0.15, -0.1) is 0 Å². The molecule has 8 heterocycles. The molecular weight excluding hydrogens is 1370 g/mol. The predicted molar refractivity (Wildman–Crippen MR) is 457 cm³/mol. The molecule has 22 rings (SSSR count). The summed E-state index contributed by atoms with van der Waals surface area (Å²) in [4.78, 5) is 30.8. The molecule has 0 radical (unpaired) electrons. The van der Waals surface area contributed by atoms with Crippen molar-refractivity contribution < 1.29 is 8.83 Å². The molecule has 14 aromatic carbocycles. The van der Waals surface area contributed by atoms with Crippen molar-refractivity contribution in [2.24, 2.45) is 0 Å². The summed E-state index contributed by atoms with van der Waals surface area (Å²) in [6.07, 6.45) is 0. The maximum absolute atomic E-state index is 6.94. The number of hydrogen-bond donors (Lipinski definition) is 0. The lowest BCUT2D eigenvalue weighted by atomic mass is 10.0. The van der Waals surface area contributed by atoms with Gasteiger partial charge in [0.05, 0.1) is 67.0 Å². The third kappa shape index (κ3) is 11.5. The lowest BCUT2D eigenvalue weighted by Gasteiger charge is -2.13. The normalized spacial score (nSPS) is 11.6. The van der Waals surface area contributed by atoms with Crippen molar-refractivity contribution in [1.29, 1.82) is 0 Å². The average molecular weight is 1430 g/mol. The molecule has 10 heteroatoms. The molecule has 0 aliphatic carbocycles. The van der Waals surface area contributed by atoms with Gasteiger partial charge < -0.3 is 18.0 Å². The molecule has 0 saturated heterocycles. The Hall–Kier alpha value is -15.3. The van der Waals surface area contributed by atoms with Gasteiger partial charge in [-0.2, -0.15) is 0 Å². The van der Waals surface area contributed by atoms with Gasteiger partial charge in [0.25, 0.3) is 0 Å². The van der Waals surface area contributed by atoms with Crippen molar-refractivity contribution in [2.45, 2.75) is 0 Å². The first-order chi connectivity index (χ1) is 55.5. The molecule has 112 heavy (non-hydrogen) atoms. The summed E-state index contributed by atoms with van der Waals surface area (Å²) in [5.74, 6) is 1.38. The quantitative estimate of drug-likeness (QED) is 0.119. The Morgan fingerprint density at radius 1 is 0.196 bits per heavy atom. The van der Waals surface area contributed by atoms with Crippen LogP contribution in [0.15, 0.2) is 397 Å². The summed E-state index contributed by atoms with van der Waals surface area (Å²) in [7, 11) is 0. The highest BCUT2D eigenvalue weighted by Gasteiger charge is 2.28. The Bertz CT molecular complexity index is 7250. The van der Waals surface area contributed by atoms with Gasteiger partial charge >= 0.3 is 0 Å². The fourth-order valence-electron chi connectivity index (χ4n) is 15.9. The Kier molecular flexibility index (Phi) is 16.0. The third-order valence-corrected chi connectivity index (χ3v) is 21.2. The molecule has 8 aromatic heterocycles. The van der Waals surface area contributed by atoms with Gasteiger partial charge in [0.1, 0.15) is 22.2 Å². The van der Waals surface area contributed by atoms with Crippen molar-refractivity contribution >= 4 is 87.7 Å². The zero-order valence-corrected chi connectivity index (χ0v) is 60.3. The van der Waals surface area contributed by atoms with Crippen molar-refractivity contribution in [1.82, 2.24) is 39.0 Å². The smallest absolute Gasteiger partial charge is 0.161 e. The predicted octanol–water partition coefficient (Wildman–Crippen LogP) is 26.4. The molecule has 0 amide bonds. The van der Waals surface area contributed by atoms with Crippen LogP contribution < -0.4 is 0 Å². The number of benzene rings is 14. The highest BCUT2D eigenvalue weighted by molar-refractivity contribution is 6.26. The minimum Gasteiger partial charge on any atom is -0.453 e. The van der Waals surface area contributed by atoms with Crippen molar-refractivity contribution in [2.75, 3.05) is 0 Å². The third-order valence-electron chi connectivity index (χ3n) is 21.2. The van der Waals surface area contributed by atoms with Gasteiger partial charge in [-0.1, -0.05) is 303 Å². The number of nitrogens with zero attached hydrogens (tertiary/aromatic N) is 8. The van der Waals surface area contributed by atoms with Crippen molar-refractivity contribution in [3.63, 3.8) is 0 Å². The fourth-order valence-corrected chi connectivity index (χ4v) is 15.9. The van der Waals surface area contributed by atoms with Crippen LogP contribution in [0.25, 0.3) is 212 Å². The van der Waals surface area contributed by atoms with E-state index in [0.717, 1.165) is 194 Å². The Morgan fingerprint density at radius 2 is 0.500 bits per heavy atom. The van der Waals surface area contributed by atoms with Gasteiger partial charge in [-0.25, -0.2) is 29.9 Å². The minimum atomic E-state index is 0.677. The van der Waals surface area contributed by atoms with E-state index < -0.39 is 0 Å². The van der Waals surface area contributed by atoms with E-state index in [2.05, 4.69) is 300 Å². The van der Waals surface area contributed by atoms with Crippen LogP contribution in [0.2, 0.25) is 0 Å². The van der Waals surface area contributed by atoms with Crippen LogP contribution >= 0.6 is 0 Å². The Morgan fingerprint density at radius 3 is 0.929 bits per heavy atom. The molecule has 0 atom stereocenters. The fraction of sp³-hybridized carbons (Fsp3) is 0. The summed E-state index contributed by atoms with van der Waals surface area (Å²) in [6.45, 7) is 0. The van der Waals surface area contributed by atoms with Crippen LogP contribution in [0.3, 0.4) is 0 Å². The zero-order chi connectivity index (χ0) is 74.0. The maximum atomic E-state index is 6.94. The van der Waals surface area contributed by atoms with Crippen molar-refractivity contribution in [3.8, 4) is 124 Å². The molecule has 0 unspecified atom stereocenters. The highest BCUT2D eigenvalue weighted by atomic mass is 16.3. The van der Waals surface area contributed by atoms with E-state index in [1.54, 1.807) is 0 Å². The second-order valence-electron chi connectivity index (χ2n) is 28.0. The van der Waals surface area contributed by atoms with E-state index in [0.29, 0.717) is 11.6 Å². The Labute approximate surface area is 643 Å². The number of rotatable bonds is 12. The first-order valence-electron chi connectivity index (χ1n) is 37.6. The van der Waals surface area contributed by atoms with Crippen LogP contribution in [-0.4, -0.2) is 39.0 Å². The van der Waals surface area contributed by atoms with Crippen LogP contribution in [-0.2, 0) is 0 Å². The second kappa shape index (κ2) is 27.5. The molecule has 0 spiro atoms. The molecule has 0 bridgehead atoms. The molecule has 0 saturated carbocycles.